The molecule has 2 atom stereocenters. The summed E-state index contributed by atoms with van der Waals surface area (Å²) in [7, 11) is 1.56. The predicted octanol–water partition coefficient (Wildman–Crippen LogP) is 3.69. The summed E-state index contributed by atoms with van der Waals surface area (Å²) < 4.78 is 5.27. The van der Waals surface area contributed by atoms with Crippen LogP contribution >= 0.6 is 0 Å². The zero-order chi connectivity index (χ0) is 23.1. The number of likely N-dealkylation sites (tertiary alicyclic amines) is 1. The van der Waals surface area contributed by atoms with Crippen molar-refractivity contribution in [1.82, 2.24) is 9.80 Å². The van der Waals surface area contributed by atoms with Crippen LogP contribution in [0.5, 0.6) is 5.75 Å². The molecule has 0 aromatic heterocycles. The number of nitrogens with zero attached hydrogens (tertiary/aromatic N) is 2. The molecule has 2 aromatic carbocycles. The molecule has 1 aliphatic rings. The van der Waals surface area contributed by atoms with Crippen molar-refractivity contribution in [2.24, 2.45) is 0 Å². The first-order valence-electron chi connectivity index (χ1n) is 11.3. The van der Waals surface area contributed by atoms with Crippen LogP contribution in [0.15, 0.2) is 48.5 Å². The van der Waals surface area contributed by atoms with E-state index >= 15 is 0 Å². The van der Waals surface area contributed by atoms with Crippen molar-refractivity contribution in [3.8, 4) is 5.75 Å². The molecule has 1 fully saturated rings. The lowest BCUT2D eigenvalue weighted by Crippen LogP contribution is -2.43. The maximum absolute atomic E-state index is 12.8. The number of ether oxygens (including phenoxy) is 1. The van der Waals surface area contributed by atoms with Gasteiger partial charge in [0.15, 0.2) is 0 Å². The van der Waals surface area contributed by atoms with Crippen molar-refractivity contribution in [3.05, 3.63) is 54.1 Å². The van der Waals surface area contributed by atoms with Crippen LogP contribution in [0.4, 0.5) is 11.4 Å². The van der Waals surface area contributed by atoms with Gasteiger partial charge in [0.1, 0.15) is 5.75 Å². The average molecular weight is 439 g/mol. The Labute approximate surface area is 190 Å². The molecule has 0 radical (unpaired) electrons. The van der Waals surface area contributed by atoms with Gasteiger partial charge < -0.3 is 15.4 Å². The molecule has 0 unspecified atom stereocenters. The van der Waals surface area contributed by atoms with Gasteiger partial charge in [0, 0.05) is 30.4 Å². The average Bonchev–Trinajstić information content (AvgIpc) is 3.30. The Kier molecular flexibility index (Phi) is 8.25. The van der Waals surface area contributed by atoms with Gasteiger partial charge in [-0.25, -0.2) is 0 Å². The number of methoxy groups -OCH3 is 1. The molecule has 0 bridgehead atoms. The van der Waals surface area contributed by atoms with Gasteiger partial charge in [-0.15, -0.1) is 0 Å². The van der Waals surface area contributed by atoms with Crippen LogP contribution in [0.2, 0.25) is 0 Å². The zero-order valence-electron chi connectivity index (χ0n) is 19.4. The summed E-state index contributed by atoms with van der Waals surface area (Å²) in [5.41, 5.74) is 1.79. The summed E-state index contributed by atoms with van der Waals surface area (Å²) in [5, 5.41) is 5.83. The first-order chi connectivity index (χ1) is 15.5. The van der Waals surface area contributed by atoms with Gasteiger partial charge >= 0.3 is 0 Å². The molecular weight excluding hydrogens is 404 g/mol. The van der Waals surface area contributed by atoms with Gasteiger partial charge in [0.05, 0.1) is 18.8 Å². The SMILES string of the molecule is CCN(CC)[C@H]1CCN([C@H](C)C(=O)Nc2ccc(C(=O)Nc3ccccc3OC)cc2)C1. The van der Waals surface area contributed by atoms with E-state index in [9.17, 15) is 9.59 Å². The minimum Gasteiger partial charge on any atom is -0.495 e. The first-order valence-corrected chi connectivity index (χ1v) is 11.3. The predicted molar refractivity (Wildman–Crippen MR) is 128 cm³/mol. The van der Waals surface area contributed by atoms with E-state index in [1.165, 1.54) is 0 Å². The number of rotatable bonds is 9. The van der Waals surface area contributed by atoms with Gasteiger partial charge in [-0.1, -0.05) is 26.0 Å². The standard InChI is InChI=1S/C25H34N4O3/c1-5-28(6-2)21-15-16-29(17-21)18(3)24(30)26-20-13-11-19(12-14-20)25(31)27-22-9-7-8-10-23(22)32-4/h7-14,18,21H,5-6,15-17H2,1-4H3,(H,26,30)(H,27,31)/t18-,21+/m1/s1. The minimum absolute atomic E-state index is 0.0311. The Balaban J connectivity index is 1.56. The van der Waals surface area contributed by atoms with E-state index in [1.807, 2.05) is 19.1 Å². The number of anilines is 2. The molecular formula is C25H34N4O3. The number of carbonyl (C=O) groups excluding carboxylic acids is 2. The van der Waals surface area contributed by atoms with Gasteiger partial charge in [-0.2, -0.15) is 0 Å². The summed E-state index contributed by atoms with van der Waals surface area (Å²) in [6.45, 7) is 10.2. The van der Waals surface area contributed by atoms with E-state index in [1.54, 1.807) is 43.5 Å². The summed E-state index contributed by atoms with van der Waals surface area (Å²) >= 11 is 0. The van der Waals surface area contributed by atoms with E-state index in [2.05, 4.69) is 34.3 Å². The van der Waals surface area contributed by atoms with Crippen LogP contribution in [0.25, 0.3) is 0 Å². The molecule has 2 amide bonds. The van der Waals surface area contributed by atoms with Crippen molar-refractivity contribution in [2.45, 2.75) is 39.3 Å². The molecule has 7 nitrogen and oxygen atoms in total. The van der Waals surface area contributed by atoms with E-state index in [-0.39, 0.29) is 17.9 Å². The number of hydrogen-bond acceptors (Lipinski definition) is 5. The monoisotopic (exact) mass is 438 g/mol. The Morgan fingerprint density at radius 2 is 1.78 bits per heavy atom. The molecule has 0 saturated carbocycles. The highest BCUT2D eigenvalue weighted by Crippen LogP contribution is 2.24. The Morgan fingerprint density at radius 3 is 2.44 bits per heavy atom. The third-order valence-electron chi connectivity index (χ3n) is 6.22. The lowest BCUT2D eigenvalue weighted by atomic mass is 10.1. The molecule has 1 heterocycles. The van der Waals surface area contributed by atoms with Crippen LogP contribution in [0.1, 0.15) is 37.6 Å². The largest absolute Gasteiger partial charge is 0.495 e. The van der Waals surface area contributed by atoms with Crippen LogP contribution in [0.3, 0.4) is 0 Å². The van der Waals surface area contributed by atoms with E-state index in [4.69, 9.17) is 4.74 Å². The van der Waals surface area contributed by atoms with Crippen molar-refractivity contribution in [3.63, 3.8) is 0 Å². The third-order valence-corrected chi connectivity index (χ3v) is 6.22. The number of para-hydroxylation sites is 2. The van der Waals surface area contributed by atoms with Crippen molar-refractivity contribution in [2.75, 3.05) is 43.9 Å². The number of benzene rings is 2. The molecule has 2 N–H and O–H groups in total. The smallest absolute Gasteiger partial charge is 0.255 e. The Morgan fingerprint density at radius 1 is 1.09 bits per heavy atom. The van der Waals surface area contributed by atoms with Crippen LogP contribution in [-0.2, 0) is 4.79 Å². The molecule has 32 heavy (non-hydrogen) atoms. The number of hydrogen-bond donors (Lipinski definition) is 2. The van der Waals surface area contributed by atoms with Crippen molar-refractivity contribution >= 4 is 23.2 Å². The summed E-state index contributed by atoms with van der Waals surface area (Å²) in [4.78, 5) is 30.1. The first kappa shape index (κ1) is 23.8. The number of nitrogens with one attached hydrogen (secondary N) is 2. The van der Waals surface area contributed by atoms with Crippen LogP contribution in [-0.4, -0.2) is 67.0 Å². The maximum atomic E-state index is 12.8. The quantitative estimate of drug-likeness (QED) is 0.625. The number of likely N-dealkylation sites (N-methyl/N-ethyl adjacent to an activating group) is 1. The minimum atomic E-state index is -0.236. The molecule has 2 aromatic rings. The normalized spacial score (nSPS) is 17.2. The van der Waals surface area contributed by atoms with Gasteiger partial charge in [-0.05, 0) is 62.8 Å². The van der Waals surface area contributed by atoms with E-state index < -0.39 is 0 Å². The Hall–Kier alpha value is -2.90. The second kappa shape index (κ2) is 11.1. The van der Waals surface area contributed by atoms with E-state index in [0.717, 1.165) is 32.6 Å². The second-order valence-corrected chi connectivity index (χ2v) is 8.06. The highest BCUT2D eigenvalue weighted by molar-refractivity contribution is 6.05. The van der Waals surface area contributed by atoms with Crippen LogP contribution < -0.4 is 15.4 Å². The molecule has 0 aliphatic carbocycles. The topological polar surface area (TPSA) is 73.9 Å². The lowest BCUT2D eigenvalue weighted by Gasteiger charge is -2.28. The maximum Gasteiger partial charge on any atom is 0.255 e. The molecule has 3 rings (SSSR count). The fourth-order valence-electron chi connectivity index (χ4n) is 4.22. The second-order valence-electron chi connectivity index (χ2n) is 8.06. The number of amides is 2. The molecule has 1 saturated heterocycles. The van der Waals surface area contributed by atoms with E-state index in [0.29, 0.717) is 28.7 Å². The fourth-order valence-corrected chi connectivity index (χ4v) is 4.22. The highest BCUT2D eigenvalue weighted by Gasteiger charge is 2.31. The van der Waals surface area contributed by atoms with Gasteiger partial charge in [0.2, 0.25) is 5.91 Å². The van der Waals surface area contributed by atoms with Gasteiger partial charge in [0.25, 0.3) is 5.91 Å². The van der Waals surface area contributed by atoms with Crippen molar-refractivity contribution in [1.29, 1.82) is 0 Å². The molecule has 1 aliphatic heterocycles. The molecule has 0 spiro atoms. The summed E-state index contributed by atoms with van der Waals surface area (Å²) in [6, 6.07) is 14.5. The summed E-state index contributed by atoms with van der Waals surface area (Å²) in [6.07, 6.45) is 1.09. The number of carbonyl (C=O) groups is 2. The Bertz CT molecular complexity index is 912. The third kappa shape index (κ3) is 5.66. The molecule has 7 heteroatoms. The van der Waals surface area contributed by atoms with Gasteiger partial charge in [-0.3, -0.25) is 19.4 Å². The molecule has 172 valence electrons. The fraction of sp³-hybridized carbons (Fsp3) is 0.440. The van der Waals surface area contributed by atoms with Crippen molar-refractivity contribution < 1.29 is 14.3 Å². The summed E-state index contributed by atoms with van der Waals surface area (Å²) in [5.74, 6) is 0.334. The zero-order valence-corrected chi connectivity index (χ0v) is 19.4. The highest BCUT2D eigenvalue weighted by atomic mass is 16.5. The van der Waals surface area contributed by atoms with Crippen LogP contribution in [0, 0.1) is 0 Å². The lowest BCUT2D eigenvalue weighted by molar-refractivity contribution is -0.120.